The predicted octanol–water partition coefficient (Wildman–Crippen LogP) is 4.78. The average molecular weight is 460 g/mol. The number of nitrogens with zero attached hydrogens (tertiary/aromatic N) is 1. The van der Waals surface area contributed by atoms with Gasteiger partial charge < -0.3 is 20.1 Å². The van der Waals surface area contributed by atoms with E-state index in [2.05, 4.69) is 15.6 Å². The van der Waals surface area contributed by atoms with Gasteiger partial charge in [-0.3, -0.25) is 9.59 Å². The molecule has 0 saturated heterocycles. The number of halogens is 1. The second-order valence-electron chi connectivity index (χ2n) is 6.53. The summed E-state index contributed by atoms with van der Waals surface area (Å²) >= 11 is 7.56. The number of carbonyl (C=O) groups excluding carboxylic acids is 2. The molecule has 3 aromatic rings. The van der Waals surface area contributed by atoms with Gasteiger partial charge in [-0.15, -0.1) is 11.3 Å². The van der Waals surface area contributed by atoms with Crippen LogP contribution in [0.4, 0.5) is 5.69 Å². The predicted molar refractivity (Wildman–Crippen MR) is 121 cm³/mol. The minimum Gasteiger partial charge on any atom is -0.493 e. The van der Waals surface area contributed by atoms with E-state index in [9.17, 15) is 9.59 Å². The second-order valence-corrected chi connectivity index (χ2v) is 7.69. The Labute approximate surface area is 189 Å². The first-order valence-corrected chi connectivity index (χ1v) is 10.9. The van der Waals surface area contributed by atoms with Gasteiger partial charge in [0.25, 0.3) is 11.8 Å². The van der Waals surface area contributed by atoms with Crippen LogP contribution in [0.1, 0.15) is 39.8 Å². The summed E-state index contributed by atoms with van der Waals surface area (Å²) in [5.41, 5.74) is 3.55. The number of hydrogen-bond acceptors (Lipinski definition) is 6. The molecule has 2 N–H and O–H groups in total. The molecule has 0 unspecified atom stereocenters. The molecule has 0 saturated carbocycles. The van der Waals surface area contributed by atoms with Gasteiger partial charge in [-0.05, 0) is 42.8 Å². The summed E-state index contributed by atoms with van der Waals surface area (Å²) in [6.07, 6.45) is 0.803. The molecule has 3 rings (SSSR count). The Bertz CT molecular complexity index is 1060. The third-order valence-electron chi connectivity index (χ3n) is 4.29. The second kappa shape index (κ2) is 10.8. The molecule has 1 heterocycles. The topological polar surface area (TPSA) is 89.6 Å². The third-order valence-corrected chi connectivity index (χ3v) is 5.17. The van der Waals surface area contributed by atoms with Gasteiger partial charge in [0.15, 0.2) is 11.5 Å². The lowest BCUT2D eigenvalue weighted by Gasteiger charge is -2.14. The van der Waals surface area contributed by atoms with Gasteiger partial charge in [0, 0.05) is 22.5 Å². The molecule has 162 valence electrons. The number of anilines is 1. The van der Waals surface area contributed by atoms with Crippen LogP contribution in [0.25, 0.3) is 0 Å². The lowest BCUT2D eigenvalue weighted by Crippen LogP contribution is -2.25. The Hall–Kier alpha value is -3.10. The maximum absolute atomic E-state index is 12.8. The number of thiazole rings is 1. The van der Waals surface area contributed by atoms with Crippen LogP contribution in [0.5, 0.6) is 11.5 Å². The highest BCUT2D eigenvalue weighted by molar-refractivity contribution is 7.07. The fraction of sp³-hybridized carbons (Fsp3) is 0.227. The molecule has 0 aliphatic carbocycles. The summed E-state index contributed by atoms with van der Waals surface area (Å²) in [6.45, 7) is 2.79. The number of methoxy groups -OCH3 is 1. The molecule has 0 spiro atoms. The highest BCUT2D eigenvalue weighted by atomic mass is 35.5. The first-order valence-electron chi connectivity index (χ1n) is 9.58. The van der Waals surface area contributed by atoms with Crippen molar-refractivity contribution in [3.63, 3.8) is 0 Å². The molecule has 0 aliphatic heterocycles. The first kappa shape index (κ1) is 22.6. The SMILES string of the molecule is CCCNC(=O)c1ccc(Cl)cc1NC(=O)c1ccc(OCc2cscn2)c(OC)c1. The molecular weight excluding hydrogens is 438 g/mol. The molecule has 1 aromatic heterocycles. The van der Waals surface area contributed by atoms with Crippen molar-refractivity contribution in [2.75, 3.05) is 19.0 Å². The van der Waals surface area contributed by atoms with Crippen molar-refractivity contribution in [1.82, 2.24) is 10.3 Å². The molecular formula is C22H22ClN3O4S. The van der Waals surface area contributed by atoms with Crippen molar-refractivity contribution < 1.29 is 19.1 Å². The zero-order valence-electron chi connectivity index (χ0n) is 17.1. The summed E-state index contributed by atoms with van der Waals surface area (Å²) in [5.74, 6) is 0.220. The van der Waals surface area contributed by atoms with E-state index in [0.717, 1.165) is 12.1 Å². The van der Waals surface area contributed by atoms with E-state index in [-0.39, 0.29) is 5.91 Å². The van der Waals surface area contributed by atoms with E-state index in [1.807, 2.05) is 12.3 Å². The van der Waals surface area contributed by atoms with Crippen molar-refractivity contribution in [1.29, 1.82) is 0 Å². The van der Waals surface area contributed by atoms with Gasteiger partial charge in [0.05, 0.1) is 29.6 Å². The average Bonchev–Trinajstić information content (AvgIpc) is 3.29. The molecule has 9 heteroatoms. The van der Waals surface area contributed by atoms with Crippen molar-refractivity contribution in [2.24, 2.45) is 0 Å². The number of ether oxygens (including phenoxy) is 2. The van der Waals surface area contributed by atoms with Crippen molar-refractivity contribution in [3.8, 4) is 11.5 Å². The third kappa shape index (κ3) is 5.96. The number of amides is 2. The van der Waals surface area contributed by atoms with Crippen LogP contribution in [0.2, 0.25) is 5.02 Å². The zero-order chi connectivity index (χ0) is 22.2. The number of nitrogens with one attached hydrogen (secondary N) is 2. The molecule has 2 amide bonds. The summed E-state index contributed by atoms with van der Waals surface area (Å²) in [6, 6.07) is 9.59. The van der Waals surface area contributed by atoms with E-state index in [1.165, 1.54) is 18.4 Å². The van der Waals surface area contributed by atoms with Crippen molar-refractivity contribution >= 4 is 40.4 Å². The Balaban J connectivity index is 1.77. The fourth-order valence-electron chi connectivity index (χ4n) is 2.73. The van der Waals surface area contributed by atoms with Crippen LogP contribution in [-0.2, 0) is 6.61 Å². The van der Waals surface area contributed by atoms with Crippen LogP contribution in [0.3, 0.4) is 0 Å². The van der Waals surface area contributed by atoms with Gasteiger partial charge in [0.1, 0.15) is 6.61 Å². The molecule has 0 fully saturated rings. The van der Waals surface area contributed by atoms with Crippen LogP contribution >= 0.6 is 22.9 Å². The monoisotopic (exact) mass is 459 g/mol. The Morgan fingerprint density at radius 2 is 1.97 bits per heavy atom. The van der Waals surface area contributed by atoms with E-state index < -0.39 is 5.91 Å². The van der Waals surface area contributed by atoms with Gasteiger partial charge in [-0.2, -0.15) is 0 Å². The molecule has 0 radical (unpaired) electrons. The summed E-state index contributed by atoms with van der Waals surface area (Å²) < 4.78 is 11.1. The van der Waals surface area contributed by atoms with Gasteiger partial charge in [-0.1, -0.05) is 18.5 Å². The van der Waals surface area contributed by atoms with Crippen LogP contribution in [0, 0.1) is 0 Å². The Morgan fingerprint density at radius 3 is 2.68 bits per heavy atom. The quantitative estimate of drug-likeness (QED) is 0.480. The van der Waals surface area contributed by atoms with E-state index in [0.29, 0.717) is 46.5 Å². The fourth-order valence-corrected chi connectivity index (χ4v) is 3.45. The maximum Gasteiger partial charge on any atom is 0.255 e. The lowest BCUT2D eigenvalue weighted by molar-refractivity contribution is 0.0954. The van der Waals surface area contributed by atoms with Crippen molar-refractivity contribution in [3.05, 3.63) is 69.1 Å². The highest BCUT2D eigenvalue weighted by Crippen LogP contribution is 2.30. The minimum atomic E-state index is -0.406. The summed E-state index contributed by atoms with van der Waals surface area (Å²) in [5, 5.41) is 7.86. The number of hydrogen-bond donors (Lipinski definition) is 2. The maximum atomic E-state index is 12.8. The molecule has 7 nitrogen and oxygen atoms in total. The lowest BCUT2D eigenvalue weighted by atomic mass is 10.1. The highest BCUT2D eigenvalue weighted by Gasteiger charge is 2.16. The molecule has 0 aliphatic rings. The summed E-state index contributed by atoms with van der Waals surface area (Å²) in [4.78, 5) is 29.4. The largest absolute Gasteiger partial charge is 0.493 e. The minimum absolute atomic E-state index is 0.280. The zero-order valence-corrected chi connectivity index (χ0v) is 18.7. The molecule has 0 atom stereocenters. The number of aromatic nitrogens is 1. The van der Waals surface area contributed by atoms with E-state index >= 15 is 0 Å². The molecule has 0 bridgehead atoms. The van der Waals surface area contributed by atoms with E-state index in [4.69, 9.17) is 21.1 Å². The molecule has 31 heavy (non-hydrogen) atoms. The number of benzene rings is 2. The normalized spacial score (nSPS) is 10.4. The van der Waals surface area contributed by atoms with Gasteiger partial charge >= 0.3 is 0 Å². The summed E-state index contributed by atoms with van der Waals surface area (Å²) in [7, 11) is 1.50. The standard InChI is InChI=1S/C22H22ClN3O4S/c1-3-8-24-22(28)17-6-5-15(23)10-18(17)26-21(27)14-4-7-19(20(9-14)29-2)30-11-16-12-31-13-25-16/h4-7,9-10,12-13H,3,8,11H2,1-2H3,(H,24,28)(H,26,27). The smallest absolute Gasteiger partial charge is 0.255 e. The first-order chi connectivity index (χ1) is 15.0. The Morgan fingerprint density at radius 1 is 1.13 bits per heavy atom. The number of rotatable bonds is 9. The van der Waals surface area contributed by atoms with Crippen LogP contribution in [0.15, 0.2) is 47.3 Å². The Kier molecular flexibility index (Phi) is 7.86. The van der Waals surface area contributed by atoms with Crippen LogP contribution in [-0.4, -0.2) is 30.5 Å². The van der Waals surface area contributed by atoms with Gasteiger partial charge in [-0.25, -0.2) is 4.98 Å². The van der Waals surface area contributed by atoms with E-state index in [1.54, 1.807) is 41.9 Å². The molecule has 2 aromatic carbocycles. The number of carbonyl (C=O) groups is 2. The van der Waals surface area contributed by atoms with Crippen molar-refractivity contribution in [2.45, 2.75) is 20.0 Å². The van der Waals surface area contributed by atoms with Gasteiger partial charge in [0.2, 0.25) is 0 Å². The van der Waals surface area contributed by atoms with Crippen LogP contribution < -0.4 is 20.1 Å².